The Balaban J connectivity index is 1.97. The molecule has 1 atom stereocenters. The summed E-state index contributed by atoms with van der Waals surface area (Å²) in [5.41, 5.74) is 1.70. The Hall–Kier alpha value is -2.63. The molecule has 2 N–H and O–H groups in total. The second-order valence-electron chi connectivity index (χ2n) is 5.02. The summed E-state index contributed by atoms with van der Waals surface area (Å²) >= 11 is 0. The Morgan fingerprint density at radius 2 is 2.00 bits per heavy atom. The molecule has 0 aliphatic carbocycles. The van der Waals surface area contributed by atoms with Crippen molar-refractivity contribution in [1.82, 2.24) is 10.3 Å². The third-order valence-corrected chi connectivity index (χ3v) is 3.19. The molecular weight excluding hydrogens is 284 g/mol. The third-order valence-electron chi connectivity index (χ3n) is 3.19. The molecule has 0 radical (unpaired) electrons. The largest absolute Gasteiger partial charge is 0.480 e. The normalized spacial score (nSPS) is 11.9. The van der Waals surface area contributed by atoms with E-state index in [1.54, 1.807) is 0 Å². The van der Waals surface area contributed by atoms with Gasteiger partial charge in [0.15, 0.2) is 11.7 Å². The van der Waals surface area contributed by atoms with E-state index in [2.05, 4.69) is 10.3 Å². The van der Waals surface area contributed by atoms with Gasteiger partial charge in [-0.25, -0.2) is 4.98 Å². The number of rotatable bonds is 6. The first kappa shape index (κ1) is 15.8. The van der Waals surface area contributed by atoms with Crippen molar-refractivity contribution in [3.63, 3.8) is 0 Å². The van der Waals surface area contributed by atoms with E-state index in [0.29, 0.717) is 18.1 Å². The number of aryl methyl sites for hydroxylation is 2. The second-order valence-corrected chi connectivity index (χ2v) is 5.02. The maximum Gasteiger partial charge on any atom is 0.325 e. The van der Waals surface area contributed by atoms with Gasteiger partial charge in [-0.05, 0) is 13.8 Å². The van der Waals surface area contributed by atoms with Crippen molar-refractivity contribution in [3.8, 4) is 11.3 Å². The van der Waals surface area contributed by atoms with Crippen LogP contribution in [-0.4, -0.2) is 28.0 Å². The van der Waals surface area contributed by atoms with Crippen molar-refractivity contribution >= 4 is 11.9 Å². The summed E-state index contributed by atoms with van der Waals surface area (Å²) < 4.78 is 5.70. The Morgan fingerprint density at radius 3 is 2.64 bits per heavy atom. The molecule has 116 valence electrons. The van der Waals surface area contributed by atoms with Crippen molar-refractivity contribution in [2.75, 3.05) is 0 Å². The van der Waals surface area contributed by atoms with Crippen molar-refractivity contribution in [2.45, 2.75) is 32.7 Å². The molecule has 22 heavy (non-hydrogen) atoms. The molecule has 0 saturated carbocycles. The van der Waals surface area contributed by atoms with E-state index in [4.69, 9.17) is 9.52 Å². The molecule has 0 aliphatic heterocycles. The zero-order valence-electron chi connectivity index (χ0n) is 12.5. The van der Waals surface area contributed by atoms with Gasteiger partial charge in [0.25, 0.3) is 0 Å². The van der Waals surface area contributed by atoms with E-state index in [1.807, 2.05) is 37.3 Å². The van der Waals surface area contributed by atoms with Gasteiger partial charge in [0.2, 0.25) is 5.91 Å². The number of carbonyl (C=O) groups excluding carboxylic acids is 1. The van der Waals surface area contributed by atoms with Crippen molar-refractivity contribution < 1.29 is 19.1 Å². The predicted molar refractivity (Wildman–Crippen MR) is 80.2 cm³/mol. The van der Waals surface area contributed by atoms with Crippen LogP contribution < -0.4 is 5.32 Å². The number of hydrogen-bond donors (Lipinski definition) is 2. The maximum atomic E-state index is 11.6. The summed E-state index contributed by atoms with van der Waals surface area (Å²) in [6, 6.07) is 8.70. The second kappa shape index (κ2) is 6.89. The highest BCUT2D eigenvalue weighted by Gasteiger charge is 2.16. The fourth-order valence-electron chi connectivity index (χ4n) is 2.01. The summed E-state index contributed by atoms with van der Waals surface area (Å²) in [4.78, 5) is 26.6. The molecule has 1 amide bonds. The summed E-state index contributed by atoms with van der Waals surface area (Å²) in [6.45, 7) is 3.27. The molecule has 0 fully saturated rings. The first-order chi connectivity index (χ1) is 10.5. The van der Waals surface area contributed by atoms with Gasteiger partial charge < -0.3 is 14.8 Å². The van der Waals surface area contributed by atoms with E-state index in [0.717, 1.165) is 11.3 Å². The van der Waals surface area contributed by atoms with Gasteiger partial charge in [0, 0.05) is 18.4 Å². The Bertz CT molecular complexity index is 664. The monoisotopic (exact) mass is 302 g/mol. The number of aromatic nitrogens is 1. The van der Waals surface area contributed by atoms with Crippen LogP contribution in [0.25, 0.3) is 11.3 Å². The fourth-order valence-corrected chi connectivity index (χ4v) is 2.01. The molecule has 0 saturated heterocycles. The molecule has 0 unspecified atom stereocenters. The van der Waals surface area contributed by atoms with Crippen LogP contribution in [0.4, 0.5) is 0 Å². The van der Waals surface area contributed by atoms with Crippen LogP contribution in [0.2, 0.25) is 0 Å². The first-order valence-electron chi connectivity index (χ1n) is 7.01. The number of amides is 1. The summed E-state index contributed by atoms with van der Waals surface area (Å²) in [6.07, 6.45) is 0.456. The smallest absolute Gasteiger partial charge is 0.325 e. The number of oxazole rings is 1. The number of nitrogens with zero attached hydrogens (tertiary/aromatic N) is 1. The summed E-state index contributed by atoms with van der Waals surface area (Å²) in [5.74, 6) is -0.247. The average Bonchev–Trinajstić information content (AvgIpc) is 2.87. The molecule has 6 nitrogen and oxygen atoms in total. The molecule has 2 aromatic rings. The average molecular weight is 302 g/mol. The van der Waals surface area contributed by atoms with Gasteiger partial charge in [0.1, 0.15) is 6.04 Å². The highest BCUT2D eigenvalue weighted by molar-refractivity contribution is 5.83. The topological polar surface area (TPSA) is 92.4 Å². The Labute approximate surface area is 128 Å². The lowest BCUT2D eigenvalue weighted by Gasteiger charge is -2.07. The minimum atomic E-state index is -1.06. The van der Waals surface area contributed by atoms with E-state index in [1.165, 1.54) is 6.92 Å². The lowest BCUT2D eigenvalue weighted by Crippen LogP contribution is -2.38. The number of carboxylic acid groups (broad SMARTS) is 1. The number of carbonyl (C=O) groups is 2. The maximum absolute atomic E-state index is 11.6. The van der Waals surface area contributed by atoms with E-state index in [-0.39, 0.29) is 12.3 Å². The molecule has 1 aromatic carbocycles. The van der Waals surface area contributed by atoms with Gasteiger partial charge in [-0.1, -0.05) is 30.3 Å². The molecule has 1 aromatic heterocycles. The van der Waals surface area contributed by atoms with Crippen molar-refractivity contribution in [3.05, 3.63) is 41.9 Å². The molecule has 6 heteroatoms. The highest BCUT2D eigenvalue weighted by atomic mass is 16.4. The molecule has 0 spiro atoms. The van der Waals surface area contributed by atoms with E-state index >= 15 is 0 Å². The first-order valence-corrected chi connectivity index (χ1v) is 7.01. The van der Waals surface area contributed by atoms with Gasteiger partial charge in [-0.15, -0.1) is 0 Å². The molecule has 1 heterocycles. The van der Waals surface area contributed by atoms with Crippen LogP contribution in [-0.2, 0) is 16.0 Å². The zero-order valence-corrected chi connectivity index (χ0v) is 12.5. The zero-order chi connectivity index (χ0) is 16.1. The lowest BCUT2D eigenvalue weighted by molar-refractivity contribution is -0.141. The Morgan fingerprint density at radius 1 is 1.32 bits per heavy atom. The highest BCUT2D eigenvalue weighted by Crippen LogP contribution is 2.24. The van der Waals surface area contributed by atoms with E-state index in [9.17, 15) is 9.59 Å². The lowest BCUT2D eigenvalue weighted by atomic mass is 10.1. The summed E-state index contributed by atoms with van der Waals surface area (Å²) in [7, 11) is 0. The minimum absolute atomic E-state index is 0.131. The number of carboxylic acids is 1. The van der Waals surface area contributed by atoms with Gasteiger partial charge in [0.05, 0.1) is 5.69 Å². The van der Waals surface area contributed by atoms with Crippen molar-refractivity contribution in [2.24, 2.45) is 0 Å². The number of benzene rings is 1. The van der Waals surface area contributed by atoms with E-state index < -0.39 is 12.0 Å². The number of hydrogen-bond acceptors (Lipinski definition) is 4. The van der Waals surface area contributed by atoms with Gasteiger partial charge in [-0.2, -0.15) is 0 Å². The fraction of sp³-hybridized carbons (Fsp3) is 0.312. The predicted octanol–water partition coefficient (Wildman–Crippen LogP) is 2.17. The van der Waals surface area contributed by atoms with Crippen LogP contribution in [0.5, 0.6) is 0 Å². The van der Waals surface area contributed by atoms with Crippen LogP contribution >= 0.6 is 0 Å². The van der Waals surface area contributed by atoms with Gasteiger partial charge in [-0.3, -0.25) is 9.59 Å². The van der Waals surface area contributed by atoms with Crippen LogP contribution in [0.3, 0.4) is 0 Å². The number of aliphatic carboxylic acids is 1. The van der Waals surface area contributed by atoms with Crippen LogP contribution in [0, 0.1) is 6.92 Å². The Kier molecular flexibility index (Phi) is 4.93. The molecule has 2 rings (SSSR count). The number of nitrogens with one attached hydrogen (secondary N) is 1. The van der Waals surface area contributed by atoms with Crippen molar-refractivity contribution in [1.29, 1.82) is 0 Å². The third kappa shape index (κ3) is 3.94. The minimum Gasteiger partial charge on any atom is -0.480 e. The SMILES string of the molecule is Cc1nc(CCC(=O)N[C@H](C)C(=O)O)oc1-c1ccccc1. The van der Waals surface area contributed by atoms with Gasteiger partial charge >= 0.3 is 5.97 Å². The quantitative estimate of drug-likeness (QED) is 0.853. The summed E-state index contributed by atoms with van der Waals surface area (Å²) in [5, 5.41) is 11.1. The molecule has 0 bridgehead atoms. The molecule has 0 aliphatic rings. The standard InChI is InChI=1S/C16H18N2O4/c1-10-15(12-6-4-3-5-7-12)22-14(18-10)9-8-13(19)17-11(2)16(20)21/h3-7,11H,8-9H2,1-2H3,(H,17,19)(H,20,21)/t11-/m1/s1. The van der Waals surface area contributed by atoms with Crippen LogP contribution in [0.1, 0.15) is 24.9 Å². The molecular formula is C16H18N2O4. The van der Waals surface area contributed by atoms with Crippen LogP contribution in [0.15, 0.2) is 34.7 Å².